The second kappa shape index (κ2) is 6.06. The summed E-state index contributed by atoms with van der Waals surface area (Å²) in [6.07, 6.45) is 0. The van der Waals surface area contributed by atoms with E-state index in [0.29, 0.717) is 17.0 Å². The molecular weight excluding hydrogens is 261 g/mol. The average Bonchev–Trinajstić information content (AvgIpc) is 2.46. The zero-order valence-corrected chi connectivity index (χ0v) is 10.8. The van der Waals surface area contributed by atoms with E-state index < -0.39 is 12.0 Å². The quantitative estimate of drug-likeness (QED) is 0.880. The third kappa shape index (κ3) is 3.06. The highest BCUT2D eigenvalue weighted by molar-refractivity contribution is 5.80. The molecule has 0 spiro atoms. The maximum Gasteiger partial charge on any atom is 0.330 e. The molecule has 20 heavy (non-hydrogen) atoms. The van der Waals surface area contributed by atoms with Crippen molar-refractivity contribution < 1.29 is 19.0 Å². The summed E-state index contributed by atoms with van der Waals surface area (Å²) in [5, 5.41) is 12.2. The first kappa shape index (κ1) is 13.9. The second-order valence-electron chi connectivity index (χ2n) is 4.16. The van der Waals surface area contributed by atoms with Gasteiger partial charge in [0.1, 0.15) is 11.6 Å². The van der Waals surface area contributed by atoms with Crippen molar-refractivity contribution in [1.29, 1.82) is 0 Å². The third-order valence-electron chi connectivity index (χ3n) is 2.85. The number of carboxylic acid groups (broad SMARTS) is 1. The van der Waals surface area contributed by atoms with Crippen molar-refractivity contribution in [2.24, 2.45) is 0 Å². The molecule has 2 aromatic carbocycles. The van der Waals surface area contributed by atoms with E-state index >= 15 is 0 Å². The smallest absolute Gasteiger partial charge is 0.330 e. The highest BCUT2D eigenvalue weighted by Gasteiger charge is 2.22. The first-order valence-corrected chi connectivity index (χ1v) is 5.99. The number of hydrogen-bond donors (Lipinski definition) is 2. The standard InChI is InChI=1S/C15H14FNO3/c1-20-13-5-3-2-4-12(13)14(15(18)19)17-11-8-6-10(16)7-9-11/h2-9,14,17H,1H3,(H,18,19). The zero-order valence-electron chi connectivity index (χ0n) is 10.8. The topological polar surface area (TPSA) is 58.6 Å². The molecular formula is C15H14FNO3. The van der Waals surface area contributed by atoms with Gasteiger partial charge in [-0.15, -0.1) is 0 Å². The van der Waals surface area contributed by atoms with Gasteiger partial charge >= 0.3 is 5.97 Å². The van der Waals surface area contributed by atoms with Gasteiger partial charge in [-0.2, -0.15) is 0 Å². The third-order valence-corrected chi connectivity index (χ3v) is 2.85. The number of hydrogen-bond acceptors (Lipinski definition) is 3. The van der Waals surface area contributed by atoms with Gasteiger partial charge in [0.2, 0.25) is 0 Å². The van der Waals surface area contributed by atoms with Crippen LogP contribution >= 0.6 is 0 Å². The minimum atomic E-state index is -1.04. The molecule has 0 amide bonds. The second-order valence-corrected chi connectivity index (χ2v) is 4.16. The molecule has 0 heterocycles. The molecule has 0 saturated carbocycles. The number of methoxy groups -OCH3 is 1. The summed E-state index contributed by atoms with van der Waals surface area (Å²) in [4.78, 5) is 11.4. The van der Waals surface area contributed by atoms with E-state index in [0.717, 1.165) is 0 Å². The monoisotopic (exact) mass is 275 g/mol. The number of anilines is 1. The van der Waals surface area contributed by atoms with Crippen LogP contribution in [0.25, 0.3) is 0 Å². The first-order chi connectivity index (χ1) is 9.61. The van der Waals surface area contributed by atoms with Crippen LogP contribution in [-0.4, -0.2) is 18.2 Å². The van der Waals surface area contributed by atoms with Crippen LogP contribution in [0.4, 0.5) is 10.1 Å². The van der Waals surface area contributed by atoms with E-state index in [9.17, 15) is 14.3 Å². The van der Waals surface area contributed by atoms with Crippen LogP contribution in [0.5, 0.6) is 5.75 Å². The van der Waals surface area contributed by atoms with Crippen molar-refractivity contribution in [1.82, 2.24) is 0 Å². The lowest BCUT2D eigenvalue weighted by molar-refractivity contribution is -0.138. The number of aliphatic carboxylic acids is 1. The molecule has 1 atom stereocenters. The predicted octanol–water partition coefficient (Wildman–Crippen LogP) is 3.07. The molecule has 0 fully saturated rings. The van der Waals surface area contributed by atoms with Gasteiger partial charge in [-0.25, -0.2) is 9.18 Å². The molecule has 2 N–H and O–H groups in total. The molecule has 0 aromatic heterocycles. The Morgan fingerprint density at radius 3 is 2.45 bits per heavy atom. The summed E-state index contributed by atoms with van der Waals surface area (Å²) >= 11 is 0. The van der Waals surface area contributed by atoms with Crippen LogP contribution in [0.15, 0.2) is 48.5 Å². The maximum atomic E-state index is 12.9. The first-order valence-electron chi connectivity index (χ1n) is 5.99. The van der Waals surface area contributed by atoms with Gasteiger partial charge in [0.15, 0.2) is 6.04 Å². The molecule has 5 heteroatoms. The number of carboxylic acids is 1. The Bertz CT molecular complexity index is 598. The van der Waals surface area contributed by atoms with Gasteiger partial charge in [0, 0.05) is 11.3 Å². The van der Waals surface area contributed by atoms with Gasteiger partial charge in [-0.1, -0.05) is 18.2 Å². The Morgan fingerprint density at radius 1 is 1.20 bits per heavy atom. The number of ether oxygens (including phenoxy) is 1. The van der Waals surface area contributed by atoms with Crippen molar-refractivity contribution in [2.45, 2.75) is 6.04 Å². The molecule has 0 aliphatic carbocycles. The van der Waals surface area contributed by atoms with Gasteiger partial charge in [-0.05, 0) is 30.3 Å². The normalized spacial score (nSPS) is 11.7. The number of rotatable bonds is 5. The Balaban J connectivity index is 2.32. The zero-order chi connectivity index (χ0) is 14.5. The van der Waals surface area contributed by atoms with E-state index in [-0.39, 0.29) is 5.82 Å². The van der Waals surface area contributed by atoms with Gasteiger partial charge in [-0.3, -0.25) is 0 Å². The van der Waals surface area contributed by atoms with Crippen LogP contribution in [0.2, 0.25) is 0 Å². The minimum Gasteiger partial charge on any atom is -0.496 e. The Hall–Kier alpha value is -2.56. The van der Waals surface area contributed by atoms with E-state index in [1.165, 1.54) is 31.4 Å². The summed E-state index contributed by atoms with van der Waals surface area (Å²) in [6.45, 7) is 0. The summed E-state index contributed by atoms with van der Waals surface area (Å²) in [6, 6.07) is 11.4. The lowest BCUT2D eigenvalue weighted by atomic mass is 10.1. The number of carbonyl (C=O) groups is 1. The van der Waals surface area contributed by atoms with Crippen molar-refractivity contribution in [3.63, 3.8) is 0 Å². The van der Waals surface area contributed by atoms with Gasteiger partial charge in [0.25, 0.3) is 0 Å². The minimum absolute atomic E-state index is 0.375. The van der Waals surface area contributed by atoms with E-state index in [1.807, 2.05) is 0 Å². The number of para-hydroxylation sites is 1. The van der Waals surface area contributed by atoms with Crippen LogP contribution < -0.4 is 10.1 Å². The fourth-order valence-corrected chi connectivity index (χ4v) is 1.89. The Labute approximate surface area is 115 Å². The van der Waals surface area contributed by atoms with Crippen molar-refractivity contribution >= 4 is 11.7 Å². The maximum absolute atomic E-state index is 12.9. The number of halogens is 1. The SMILES string of the molecule is COc1ccccc1C(Nc1ccc(F)cc1)C(=O)O. The largest absolute Gasteiger partial charge is 0.496 e. The van der Waals surface area contributed by atoms with Crippen molar-refractivity contribution in [3.8, 4) is 5.75 Å². The van der Waals surface area contributed by atoms with E-state index in [1.54, 1.807) is 24.3 Å². The highest BCUT2D eigenvalue weighted by atomic mass is 19.1. The highest BCUT2D eigenvalue weighted by Crippen LogP contribution is 2.28. The molecule has 0 saturated heterocycles. The number of nitrogens with one attached hydrogen (secondary N) is 1. The molecule has 0 radical (unpaired) electrons. The molecule has 0 aliphatic rings. The van der Waals surface area contributed by atoms with Crippen LogP contribution in [0.1, 0.15) is 11.6 Å². The number of benzene rings is 2. The molecule has 1 unspecified atom stereocenters. The van der Waals surface area contributed by atoms with Crippen molar-refractivity contribution in [3.05, 3.63) is 59.9 Å². The van der Waals surface area contributed by atoms with Crippen LogP contribution in [0.3, 0.4) is 0 Å². The lowest BCUT2D eigenvalue weighted by Gasteiger charge is -2.18. The predicted molar refractivity (Wildman–Crippen MR) is 73.4 cm³/mol. The molecule has 104 valence electrons. The molecule has 0 aliphatic heterocycles. The molecule has 2 rings (SSSR count). The fourth-order valence-electron chi connectivity index (χ4n) is 1.89. The van der Waals surface area contributed by atoms with Gasteiger partial charge < -0.3 is 15.2 Å². The molecule has 4 nitrogen and oxygen atoms in total. The summed E-state index contributed by atoms with van der Waals surface area (Å²) < 4.78 is 18.0. The average molecular weight is 275 g/mol. The van der Waals surface area contributed by atoms with Gasteiger partial charge in [0.05, 0.1) is 7.11 Å². The van der Waals surface area contributed by atoms with E-state index in [4.69, 9.17) is 4.74 Å². The summed E-state index contributed by atoms with van der Waals surface area (Å²) in [5.74, 6) is -0.937. The van der Waals surface area contributed by atoms with Crippen LogP contribution in [-0.2, 0) is 4.79 Å². The fraction of sp³-hybridized carbons (Fsp3) is 0.133. The Morgan fingerprint density at radius 2 is 1.85 bits per heavy atom. The lowest BCUT2D eigenvalue weighted by Crippen LogP contribution is -2.21. The Kier molecular flexibility index (Phi) is 4.20. The van der Waals surface area contributed by atoms with Crippen molar-refractivity contribution in [2.75, 3.05) is 12.4 Å². The van der Waals surface area contributed by atoms with Crippen LogP contribution in [0, 0.1) is 5.82 Å². The van der Waals surface area contributed by atoms with E-state index in [2.05, 4.69) is 5.32 Å². The molecule has 0 bridgehead atoms. The molecule has 2 aromatic rings. The summed E-state index contributed by atoms with van der Waals surface area (Å²) in [7, 11) is 1.48. The summed E-state index contributed by atoms with van der Waals surface area (Å²) in [5.41, 5.74) is 1.02.